The second-order valence-electron chi connectivity index (χ2n) is 6.11. The molecule has 3 atom stereocenters. The van der Waals surface area contributed by atoms with Gasteiger partial charge in [-0.25, -0.2) is 0 Å². The van der Waals surface area contributed by atoms with Crippen molar-refractivity contribution in [3.05, 3.63) is 0 Å². The molecule has 3 unspecified atom stereocenters. The summed E-state index contributed by atoms with van der Waals surface area (Å²) >= 11 is 0. The number of nitrogens with zero attached hydrogens (tertiary/aromatic N) is 2. The first-order chi connectivity index (χ1) is 8.66. The van der Waals surface area contributed by atoms with Gasteiger partial charge in [0.2, 0.25) is 0 Å². The summed E-state index contributed by atoms with van der Waals surface area (Å²) < 4.78 is 5.55. The zero-order chi connectivity index (χ0) is 13.0. The Kier molecular flexibility index (Phi) is 5.42. The molecule has 106 valence electrons. The fraction of sp³-hybridized carbons (Fsp3) is 1.00. The number of likely N-dealkylation sites (N-methyl/N-ethyl adjacent to an activating group) is 1. The Balaban J connectivity index is 1.81. The molecule has 2 rings (SSSR count). The van der Waals surface area contributed by atoms with E-state index in [9.17, 15) is 0 Å². The van der Waals surface area contributed by atoms with Gasteiger partial charge in [0, 0.05) is 31.2 Å². The third kappa shape index (κ3) is 3.92. The van der Waals surface area contributed by atoms with Crippen molar-refractivity contribution in [3.8, 4) is 0 Å². The fourth-order valence-corrected chi connectivity index (χ4v) is 3.37. The van der Waals surface area contributed by atoms with Crippen molar-refractivity contribution in [1.82, 2.24) is 15.1 Å². The van der Waals surface area contributed by atoms with Crippen LogP contribution in [0.5, 0.6) is 0 Å². The molecule has 0 aromatic rings. The second-order valence-corrected chi connectivity index (χ2v) is 6.11. The Labute approximate surface area is 112 Å². The number of ether oxygens (including phenoxy) is 1. The van der Waals surface area contributed by atoms with E-state index >= 15 is 0 Å². The molecule has 0 radical (unpaired) electrons. The molecule has 0 aromatic carbocycles. The molecule has 1 N–H and O–H groups in total. The number of hydrogen-bond donors (Lipinski definition) is 1. The van der Waals surface area contributed by atoms with E-state index in [1.165, 1.54) is 32.4 Å². The minimum atomic E-state index is 0.550. The molecule has 4 heteroatoms. The summed E-state index contributed by atoms with van der Waals surface area (Å²) in [5.41, 5.74) is 0. The van der Waals surface area contributed by atoms with Gasteiger partial charge in [-0.05, 0) is 46.8 Å². The van der Waals surface area contributed by atoms with Crippen molar-refractivity contribution in [3.63, 3.8) is 0 Å². The molecule has 2 fully saturated rings. The monoisotopic (exact) mass is 255 g/mol. The quantitative estimate of drug-likeness (QED) is 0.786. The average Bonchev–Trinajstić information content (AvgIpc) is 2.77. The van der Waals surface area contributed by atoms with Crippen LogP contribution in [0.25, 0.3) is 0 Å². The van der Waals surface area contributed by atoms with Crippen molar-refractivity contribution < 1.29 is 4.74 Å². The van der Waals surface area contributed by atoms with Crippen LogP contribution >= 0.6 is 0 Å². The average molecular weight is 255 g/mol. The number of morpholine rings is 1. The van der Waals surface area contributed by atoms with Gasteiger partial charge in [-0.3, -0.25) is 4.90 Å². The summed E-state index contributed by atoms with van der Waals surface area (Å²) in [5.74, 6) is 0. The summed E-state index contributed by atoms with van der Waals surface area (Å²) in [7, 11) is 4.36. The lowest BCUT2D eigenvalue weighted by Crippen LogP contribution is -2.48. The highest BCUT2D eigenvalue weighted by molar-refractivity contribution is 4.87. The minimum absolute atomic E-state index is 0.550. The lowest BCUT2D eigenvalue weighted by molar-refractivity contribution is 0.0586. The lowest BCUT2D eigenvalue weighted by Gasteiger charge is -2.35. The predicted molar refractivity (Wildman–Crippen MR) is 75.0 cm³/mol. The number of hydrogen-bond acceptors (Lipinski definition) is 4. The maximum Gasteiger partial charge on any atom is 0.0620 e. The largest absolute Gasteiger partial charge is 0.379 e. The fourth-order valence-electron chi connectivity index (χ4n) is 3.37. The van der Waals surface area contributed by atoms with Crippen molar-refractivity contribution >= 4 is 0 Å². The van der Waals surface area contributed by atoms with Crippen molar-refractivity contribution in [2.75, 3.05) is 46.9 Å². The van der Waals surface area contributed by atoms with E-state index in [0.717, 1.165) is 25.8 Å². The molecular formula is C14H29N3O. The van der Waals surface area contributed by atoms with Gasteiger partial charge in [0.25, 0.3) is 0 Å². The molecule has 0 aromatic heterocycles. The first-order valence-corrected chi connectivity index (χ1v) is 7.38. The molecule has 0 spiro atoms. The van der Waals surface area contributed by atoms with Crippen LogP contribution in [0.2, 0.25) is 0 Å². The minimum Gasteiger partial charge on any atom is -0.379 e. The third-order valence-corrected chi connectivity index (χ3v) is 4.19. The first-order valence-electron chi connectivity index (χ1n) is 7.38. The summed E-state index contributed by atoms with van der Waals surface area (Å²) in [5, 5.41) is 3.57. The molecule has 0 saturated carbocycles. The van der Waals surface area contributed by atoms with Crippen molar-refractivity contribution in [1.29, 1.82) is 0 Å². The van der Waals surface area contributed by atoms with E-state index < -0.39 is 0 Å². The summed E-state index contributed by atoms with van der Waals surface area (Å²) in [6.45, 7) is 7.61. The Morgan fingerprint density at radius 2 is 2.28 bits per heavy atom. The lowest BCUT2D eigenvalue weighted by atomic mass is 10.1. The van der Waals surface area contributed by atoms with Gasteiger partial charge in [-0.2, -0.15) is 0 Å². The number of rotatable bonds is 5. The number of nitrogens with one attached hydrogen (secondary N) is 1. The molecule has 18 heavy (non-hydrogen) atoms. The Bertz CT molecular complexity index is 241. The third-order valence-electron chi connectivity index (χ3n) is 4.19. The Morgan fingerprint density at radius 1 is 1.44 bits per heavy atom. The molecule has 2 aliphatic rings. The molecule has 2 heterocycles. The normalized spacial score (nSPS) is 32.0. The molecule has 0 aliphatic carbocycles. The van der Waals surface area contributed by atoms with Crippen LogP contribution in [0.4, 0.5) is 0 Å². The Morgan fingerprint density at radius 3 is 2.94 bits per heavy atom. The second kappa shape index (κ2) is 6.85. The van der Waals surface area contributed by atoms with E-state index in [4.69, 9.17) is 4.74 Å². The van der Waals surface area contributed by atoms with E-state index in [1.54, 1.807) is 0 Å². The summed E-state index contributed by atoms with van der Waals surface area (Å²) in [6, 6.07) is 1.96. The van der Waals surface area contributed by atoms with Crippen LogP contribution in [0.1, 0.15) is 26.2 Å². The molecule has 0 bridgehead atoms. The highest BCUT2D eigenvalue weighted by Gasteiger charge is 2.30. The van der Waals surface area contributed by atoms with Crippen LogP contribution < -0.4 is 5.32 Å². The zero-order valence-corrected chi connectivity index (χ0v) is 12.2. The van der Waals surface area contributed by atoms with Gasteiger partial charge in [0.05, 0.1) is 13.2 Å². The topological polar surface area (TPSA) is 27.7 Å². The SMILES string of the molecule is CC(CC1COCCN1)N1CCCC1CN(C)C. The van der Waals surface area contributed by atoms with Gasteiger partial charge >= 0.3 is 0 Å². The highest BCUT2D eigenvalue weighted by atomic mass is 16.5. The van der Waals surface area contributed by atoms with E-state index in [-0.39, 0.29) is 0 Å². The molecule has 2 saturated heterocycles. The molecular weight excluding hydrogens is 226 g/mol. The number of likely N-dealkylation sites (tertiary alicyclic amines) is 1. The van der Waals surface area contributed by atoms with E-state index in [0.29, 0.717) is 12.1 Å². The van der Waals surface area contributed by atoms with Gasteiger partial charge in [0.1, 0.15) is 0 Å². The van der Waals surface area contributed by atoms with Crippen LogP contribution in [-0.2, 0) is 4.74 Å². The van der Waals surface area contributed by atoms with E-state index in [1.807, 2.05) is 0 Å². The summed E-state index contributed by atoms with van der Waals surface area (Å²) in [6.07, 6.45) is 3.93. The standard InChI is InChI=1S/C14H29N3O/c1-12(9-13-11-18-8-6-15-13)17-7-4-5-14(17)10-16(2)3/h12-15H,4-11H2,1-3H3. The smallest absolute Gasteiger partial charge is 0.0620 e. The van der Waals surface area contributed by atoms with Crippen LogP contribution in [0.15, 0.2) is 0 Å². The van der Waals surface area contributed by atoms with Gasteiger partial charge in [-0.1, -0.05) is 0 Å². The Hall–Kier alpha value is -0.160. The zero-order valence-electron chi connectivity index (χ0n) is 12.2. The predicted octanol–water partition coefficient (Wildman–Crippen LogP) is 0.779. The molecule has 2 aliphatic heterocycles. The van der Waals surface area contributed by atoms with E-state index in [2.05, 4.69) is 36.1 Å². The maximum absolute atomic E-state index is 5.55. The van der Waals surface area contributed by atoms with Crippen LogP contribution in [0, 0.1) is 0 Å². The van der Waals surface area contributed by atoms with Crippen molar-refractivity contribution in [2.45, 2.75) is 44.3 Å². The van der Waals surface area contributed by atoms with Crippen LogP contribution in [-0.4, -0.2) is 74.9 Å². The first kappa shape index (κ1) is 14.3. The summed E-state index contributed by atoms with van der Waals surface area (Å²) in [4.78, 5) is 5.02. The van der Waals surface area contributed by atoms with Gasteiger partial charge in [-0.15, -0.1) is 0 Å². The molecule has 0 amide bonds. The van der Waals surface area contributed by atoms with Crippen LogP contribution in [0.3, 0.4) is 0 Å². The maximum atomic E-state index is 5.55. The van der Waals surface area contributed by atoms with Crippen molar-refractivity contribution in [2.24, 2.45) is 0 Å². The molecule has 4 nitrogen and oxygen atoms in total. The van der Waals surface area contributed by atoms with Gasteiger partial charge in [0.15, 0.2) is 0 Å². The van der Waals surface area contributed by atoms with Gasteiger partial charge < -0.3 is 15.0 Å². The highest BCUT2D eigenvalue weighted by Crippen LogP contribution is 2.23.